The molecule has 1 aliphatic carbocycles. The molecule has 1 unspecified atom stereocenters. The van der Waals surface area contributed by atoms with Crippen molar-refractivity contribution in [3.8, 4) is 0 Å². The van der Waals surface area contributed by atoms with E-state index in [0.717, 1.165) is 18.8 Å². The van der Waals surface area contributed by atoms with Crippen molar-refractivity contribution >= 4 is 52.9 Å². The zero-order valence-corrected chi connectivity index (χ0v) is 19.1. The monoisotopic (exact) mass is 520 g/mol. The van der Waals surface area contributed by atoms with Gasteiger partial charge in [0.1, 0.15) is 5.69 Å². The molecule has 1 aliphatic heterocycles. The molecule has 1 aromatic rings. The average Bonchev–Trinajstić information content (AvgIpc) is 3.14. The molecule has 1 aromatic heterocycles. The van der Waals surface area contributed by atoms with Crippen molar-refractivity contribution in [3.05, 3.63) is 11.8 Å². The summed E-state index contributed by atoms with van der Waals surface area (Å²) in [7, 11) is -1.66. The molecule has 2 fully saturated rings. The Hall–Kier alpha value is -0.705. The molecular formula is C17H27BIN4O4P. The van der Waals surface area contributed by atoms with E-state index in [2.05, 4.69) is 39.4 Å². The third-order valence-electron chi connectivity index (χ3n) is 5.82. The number of amides is 2. The maximum atomic E-state index is 12.7. The molecule has 0 bridgehead atoms. The number of piperidine rings is 1. The Kier molecular flexibility index (Phi) is 7.75. The van der Waals surface area contributed by atoms with Gasteiger partial charge in [-0.15, -0.1) is 0 Å². The Morgan fingerprint density at radius 2 is 1.86 bits per heavy atom. The van der Waals surface area contributed by atoms with Crippen LogP contribution in [0.25, 0.3) is 0 Å². The molecule has 1 saturated carbocycles. The number of carbonyl (C=O) groups excluding carboxylic acids is 2. The molecule has 3 N–H and O–H groups in total. The number of rotatable bonds is 5. The van der Waals surface area contributed by atoms with Gasteiger partial charge < -0.3 is 20.3 Å². The standard InChI is InChI=1S/C17H27BIN4O4P/c1-11-2-4-13(5-3-11)20-16(24)12-6-8-22(9-7-12)17(25)14-10-15(18(26)27)23(21-14)28-19/h10-13,26-28H,2-9H2,1H3,(H,20,24). The summed E-state index contributed by atoms with van der Waals surface area (Å²) in [4.78, 5) is 27.0. The highest BCUT2D eigenvalue weighted by Gasteiger charge is 2.31. The summed E-state index contributed by atoms with van der Waals surface area (Å²) in [6.07, 6.45) is 5.92. The van der Waals surface area contributed by atoms with Gasteiger partial charge in [-0.25, -0.2) is 4.45 Å². The lowest BCUT2D eigenvalue weighted by Crippen LogP contribution is -2.46. The first kappa shape index (κ1) is 22.0. The summed E-state index contributed by atoms with van der Waals surface area (Å²) in [6, 6.07) is 1.73. The van der Waals surface area contributed by atoms with Crippen molar-refractivity contribution in [1.82, 2.24) is 19.8 Å². The van der Waals surface area contributed by atoms with Crippen molar-refractivity contribution in [2.75, 3.05) is 13.1 Å². The Balaban J connectivity index is 1.52. The summed E-state index contributed by atoms with van der Waals surface area (Å²) in [6.45, 7) is 3.28. The Bertz CT molecular complexity index is 703. The fourth-order valence-electron chi connectivity index (χ4n) is 3.98. The number of aromatic nitrogens is 2. The maximum Gasteiger partial charge on any atom is 0.508 e. The fraction of sp³-hybridized carbons (Fsp3) is 0.706. The molecule has 28 heavy (non-hydrogen) atoms. The summed E-state index contributed by atoms with van der Waals surface area (Å²) < 4.78 is 1.43. The second-order valence-corrected chi connectivity index (χ2v) is 9.90. The molecule has 154 valence electrons. The minimum absolute atomic E-state index is 0.0494. The number of hydrogen-bond acceptors (Lipinski definition) is 5. The van der Waals surface area contributed by atoms with E-state index in [0.29, 0.717) is 32.0 Å². The molecule has 2 heterocycles. The summed E-state index contributed by atoms with van der Waals surface area (Å²) >= 11 is 2.07. The van der Waals surface area contributed by atoms with E-state index in [4.69, 9.17) is 0 Å². The minimum Gasteiger partial charge on any atom is -0.422 e. The van der Waals surface area contributed by atoms with Gasteiger partial charge in [0.15, 0.2) is 0 Å². The van der Waals surface area contributed by atoms with Crippen LogP contribution in [-0.2, 0) is 4.79 Å². The van der Waals surface area contributed by atoms with Gasteiger partial charge in [0, 0.05) is 25.0 Å². The Morgan fingerprint density at radius 3 is 2.39 bits per heavy atom. The van der Waals surface area contributed by atoms with Gasteiger partial charge in [0.2, 0.25) is 5.91 Å². The molecule has 3 rings (SSSR count). The highest BCUT2D eigenvalue weighted by atomic mass is 127. The molecule has 11 heteroatoms. The van der Waals surface area contributed by atoms with Gasteiger partial charge in [-0.2, -0.15) is 5.10 Å². The van der Waals surface area contributed by atoms with Crippen LogP contribution in [-0.4, -0.2) is 62.6 Å². The van der Waals surface area contributed by atoms with E-state index < -0.39 is 7.12 Å². The second kappa shape index (κ2) is 9.87. The van der Waals surface area contributed by atoms with Crippen molar-refractivity contribution in [2.45, 2.75) is 51.5 Å². The number of nitrogens with one attached hydrogen (secondary N) is 1. The van der Waals surface area contributed by atoms with Gasteiger partial charge >= 0.3 is 7.12 Å². The van der Waals surface area contributed by atoms with Crippen molar-refractivity contribution < 1.29 is 19.6 Å². The second-order valence-electron chi connectivity index (χ2n) is 7.86. The Morgan fingerprint density at radius 1 is 1.21 bits per heavy atom. The van der Waals surface area contributed by atoms with Crippen LogP contribution < -0.4 is 10.9 Å². The highest BCUT2D eigenvalue weighted by molar-refractivity contribution is 14.2. The first-order chi connectivity index (χ1) is 13.4. The van der Waals surface area contributed by atoms with E-state index in [1.165, 1.54) is 23.4 Å². The molecule has 1 atom stereocenters. The van der Waals surface area contributed by atoms with Crippen LogP contribution in [0, 0.1) is 11.8 Å². The third-order valence-corrected chi connectivity index (χ3v) is 7.71. The molecule has 2 amide bonds. The van der Waals surface area contributed by atoms with E-state index in [9.17, 15) is 19.6 Å². The molecule has 0 spiro atoms. The van der Waals surface area contributed by atoms with Crippen LogP contribution in [0.4, 0.5) is 0 Å². The zero-order chi connectivity index (χ0) is 20.3. The summed E-state index contributed by atoms with van der Waals surface area (Å²) in [5, 5.41) is 26.2. The molecule has 8 nitrogen and oxygen atoms in total. The zero-order valence-electron chi connectivity index (χ0n) is 16.0. The Labute approximate surface area is 180 Å². The van der Waals surface area contributed by atoms with E-state index in [1.54, 1.807) is 4.90 Å². The summed E-state index contributed by atoms with van der Waals surface area (Å²) in [5.74, 6) is 0.598. The molecule has 2 aliphatic rings. The van der Waals surface area contributed by atoms with Crippen molar-refractivity contribution in [3.63, 3.8) is 0 Å². The maximum absolute atomic E-state index is 12.7. The first-order valence-corrected chi connectivity index (χ1v) is 13.9. The lowest BCUT2D eigenvalue weighted by molar-refractivity contribution is -0.127. The molecule has 0 radical (unpaired) electrons. The molecule has 1 saturated heterocycles. The predicted octanol–water partition coefficient (Wildman–Crippen LogP) is 0.902. The van der Waals surface area contributed by atoms with E-state index >= 15 is 0 Å². The number of halogens is 1. The number of likely N-dealkylation sites (tertiary alicyclic amines) is 1. The molecule has 0 aromatic carbocycles. The normalized spacial score (nSPS) is 23.9. The van der Waals surface area contributed by atoms with Crippen molar-refractivity contribution in [1.29, 1.82) is 0 Å². The number of hydrogen-bond donors (Lipinski definition) is 3. The third kappa shape index (κ3) is 5.26. The molecular weight excluding hydrogens is 493 g/mol. The van der Waals surface area contributed by atoms with Crippen LogP contribution in [0.15, 0.2) is 6.07 Å². The summed E-state index contributed by atoms with van der Waals surface area (Å²) in [5.41, 5.74) is 0.429. The lowest BCUT2D eigenvalue weighted by atomic mass is 9.86. The van der Waals surface area contributed by atoms with Gasteiger partial charge in [-0.1, -0.05) is 6.92 Å². The van der Waals surface area contributed by atoms with Gasteiger partial charge in [0.25, 0.3) is 5.91 Å². The lowest BCUT2D eigenvalue weighted by Gasteiger charge is -2.33. The quantitative estimate of drug-likeness (QED) is 0.304. The first-order valence-electron chi connectivity index (χ1n) is 9.81. The number of carbonyl (C=O) groups is 2. The largest absolute Gasteiger partial charge is 0.508 e. The fourth-order valence-corrected chi connectivity index (χ4v) is 5.56. The minimum atomic E-state index is -1.66. The number of nitrogens with zero attached hydrogens (tertiary/aromatic N) is 3. The van der Waals surface area contributed by atoms with Crippen molar-refractivity contribution in [2.24, 2.45) is 11.8 Å². The van der Waals surface area contributed by atoms with Gasteiger partial charge in [0.05, 0.1) is 12.0 Å². The van der Waals surface area contributed by atoms with Crippen LogP contribution in [0.5, 0.6) is 0 Å². The van der Waals surface area contributed by atoms with Gasteiger partial charge in [-0.05, 0) is 72.6 Å². The van der Waals surface area contributed by atoms with E-state index in [1.807, 2.05) is 0 Å². The van der Waals surface area contributed by atoms with Crippen LogP contribution >= 0.6 is 28.4 Å². The average molecular weight is 520 g/mol. The topological polar surface area (TPSA) is 108 Å². The van der Waals surface area contributed by atoms with Crippen LogP contribution in [0.3, 0.4) is 0 Å². The highest BCUT2D eigenvalue weighted by Crippen LogP contribution is 2.25. The predicted molar refractivity (Wildman–Crippen MR) is 118 cm³/mol. The van der Waals surface area contributed by atoms with Crippen LogP contribution in [0.1, 0.15) is 55.9 Å². The smallest absolute Gasteiger partial charge is 0.422 e. The van der Waals surface area contributed by atoms with E-state index in [-0.39, 0.29) is 35.4 Å². The SMILES string of the molecule is CC1CCC(NC(=O)C2CCN(C(=O)c3cc(B(O)O)n(PI)n3)CC2)CC1. The van der Waals surface area contributed by atoms with Crippen LogP contribution in [0.2, 0.25) is 0 Å². The van der Waals surface area contributed by atoms with Gasteiger partial charge in [-0.3, -0.25) is 9.59 Å².